The number of nitrogens with one attached hydrogen (secondary N) is 2. The number of amides is 2. The molecule has 0 radical (unpaired) electrons. The van der Waals surface area contributed by atoms with Gasteiger partial charge in [0.15, 0.2) is 11.6 Å². The van der Waals surface area contributed by atoms with Crippen LogP contribution in [0.15, 0.2) is 42.5 Å². The molecule has 0 bridgehead atoms. The summed E-state index contributed by atoms with van der Waals surface area (Å²) in [5.41, 5.74) is 5.42. The van der Waals surface area contributed by atoms with Gasteiger partial charge in [0.2, 0.25) is 0 Å². The number of hydrogen-bond donors (Lipinski definition) is 2. The summed E-state index contributed by atoms with van der Waals surface area (Å²) in [4.78, 5) is 23.6. The molecule has 2 N–H and O–H groups in total. The molecule has 108 valence electrons. The molecule has 0 aromatic heterocycles. The highest BCUT2D eigenvalue weighted by Crippen LogP contribution is 2.09. The number of halogens is 2. The molecule has 0 saturated heterocycles. The zero-order valence-corrected chi connectivity index (χ0v) is 11.1. The molecular formula is C15H12F2N2O2. The van der Waals surface area contributed by atoms with Gasteiger partial charge in [-0.3, -0.25) is 20.4 Å². The summed E-state index contributed by atoms with van der Waals surface area (Å²) >= 11 is 0. The highest BCUT2D eigenvalue weighted by molar-refractivity contribution is 5.99. The predicted octanol–water partition coefficient (Wildman–Crippen LogP) is 2.35. The number of hydrogen-bond acceptors (Lipinski definition) is 2. The van der Waals surface area contributed by atoms with E-state index < -0.39 is 23.4 Å². The van der Waals surface area contributed by atoms with Gasteiger partial charge in [0.25, 0.3) is 11.8 Å². The molecule has 0 saturated carbocycles. The highest BCUT2D eigenvalue weighted by Gasteiger charge is 2.12. The Bertz CT molecular complexity index is 702. The van der Waals surface area contributed by atoms with E-state index in [1.807, 2.05) is 0 Å². The van der Waals surface area contributed by atoms with Crippen LogP contribution < -0.4 is 10.9 Å². The van der Waals surface area contributed by atoms with Crippen molar-refractivity contribution in [2.24, 2.45) is 0 Å². The van der Waals surface area contributed by atoms with Crippen LogP contribution in [0.3, 0.4) is 0 Å². The van der Waals surface area contributed by atoms with E-state index in [1.54, 1.807) is 31.2 Å². The highest BCUT2D eigenvalue weighted by atomic mass is 19.2. The van der Waals surface area contributed by atoms with Crippen molar-refractivity contribution in [1.82, 2.24) is 10.9 Å². The van der Waals surface area contributed by atoms with Gasteiger partial charge >= 0.3 is 0 Å². The van der Waals surface area contributed by atoms with Gasteiger partial charge in [-0.1, -0.05) is 18.2 Å². The zero-order chi connectivity index (χ0) is 15.4. The molecule has 0 spiro atoms. The maximum atomic E-state index is 13.0. The van der Waals surface area contributed by atoms with E-state index in [4.69, 9.17) is 0 Å². The van der Waals surface area contributed by atoms with Crippen molar-refractivity contribution in [3.05, 3.63) is 70.8 Å². The molecule has 0 aliphatic heterocycles. The zero-order valence-electron chi connectivity index (χ0n) is 11.1. The van der Waals surface area contributed by atoms with Gasteiger partial charge in [0.1, 0.15) is 0 Å². The van der Waals surface area contributed by atoms with E-state index in [2.05, 4.69) is 10.9 Å². The van der Waals surface area contributed by atoms with E-state index in [1.165, 1.54) is 0 Å². The third-order valence-electron chi connectivity index (χ3n) is 2.86. The first-order valence-corrected chi connectivity index (χ1v) is 6.10. The molecule has 6 heteroatoms. The molecule has 0 fully saturated rings. The van der Waals surface area contributed by atoms with Gasteiger partial charge in [-0.05, 0) is 36.8 Å². The first-order valence-electron chi connectivity index (χ1n) is 6.10. The summed E-state index contributed by atoms with van der Waals surface area (Å²) in [5.74, 6) is -3.41. The summed E-state index contributed by atoms with van der Waals surface area (Å²) in [6.45, 7) is 1.76. The maximum Gasteiger partial charge on any atom is 0.269 e. The van der Waals surface area contributed by atoms with Crippen LogP contribution in [-0.4, -0.2) is 11.8 Å². The minimum Gasteiger partial charge on any atom is -0.267 e. The van der Waals surface area contributed by atoms with Gasteiger partial charge in [0, 0.05) is 11.1 Å². The molecule has 21 heavy (non-hydrogen) atoms. The third kappa shape index (κ3) is 3.42. The smallest absolute Gasteiger partial charge is 0.267 e. The lowest BCUT2D eigenvalue weighted by Gasteiger charge is -2.09. The van der Waals surface area contributed by atoms with Crippen LogP contribution in [0.5, 0.6) is 0 Å². The number of carbonyl (C=O) groups is 2. The number of aryl methyl sites for hydroxylation is 1. The molecule has 2 amide bonds. The van der Waals surface area contributed by atoms with Crippen molar-refractivity contribution in [2.75, 3.05) is 0 Å². The lowest BCUT2D eigenvalue weighted by molar-refractivity contribution is 0.0846. The van der Waals surface area contributed by atoms with Crippen molar-refractivity contribution in [3.8, 4) is 0 Å². The second kappa shape index (κ2) is 6.13. The monoisotopic (exact) mass is 290 g/mol. The number of carbonyl (C=O) groups excluding carboxylic acids is 2. The van der Waals surface area contributed by atoms with Crippen LogP contribution in [0, 0.1) is 18.6 Å². The fourth-order valence-corrected chi connectivity index (χ4v) is 1.72. The van der Waals surface area contributed by atoms with E-state index in [0.717, 1.165) is 23.8 Å². The second-order valence-electron chi connectivity index (χ2n) is 4.35. The minimum atomic E-state index is -1.13. The summed E-state index contributed by atoms with van der Waals surface area (Å²) in [6, 6.07) is 9.55. The standard InChI is InChI=1S/C15H12F2N2O2/c1-9-4-2-3-5-11(9)15(21)19-18-14(20)10-6-7-12(16)13(17)8-10/h2-8H,1H3,(H,18,20)(H,19,21). The van der Waals surface area contributed by atoms with Gasteiger partial charge in [0.05, 0.1) is 0 Å². The molecule has 0 aliphatic rings. The third-order valence-corrected chi connectivity index (χ3v) is 2.86. The molecule has 2 rings (SSSR count). The summed E-state index contributed by atoms with van der Waals surface area (Å²) in [7, 11) is 0. The SMILES string of the molecule is Cc1ccccc1C(=O)NNC(=O)c1ccc(F)c(F)c1. The molecule has 0 unspecified atom stereocenters. The van der Waals surface area contributed by atoms with Crippen LogP contribution in [0.2, 0.25) is 0 Å². The molecule has 2 aromatic carbocycles. The first kappa shape index (κ1) is 14.6. The van der Waals surface area contributed by atoms with E-state index in [9.17, 15) is 18.4 Å². The van der Waals surface area contributed by atoms with Gasteiger partial charge in [-0.2, -0.15) is 0 Å². The average molecular weight is 290 g/mol. The van der Waals surface area contributed by atoms with Crippen molar-refractivity contribution >= 4 is 11.8 Å². The normalized spacial score (nSPS) is 10.0. The topological polar surface area (TPSA) is 58.2 Å². The van der Waals surface area contributed by atoms with Gasteiger partial charge in [-0.15, -0.1) is 0 Å². The van der Waals surface area contributed by atoms with Crippen LogP contribution in [0.25, 0.3) is 0 Å². The molecule has 2 aromatic rings. The lowest BCUT2D eigenvalue weighted by atomic mass is 10.1. The van der Waals surface area contributed by atoms with Gasteiger partial charge in [-0.25, -0.2) is 8.78 Å². The largest absolute Gasteiger partial charge is 0.269 e. The van der Waals surface area contributed by atoms with Crippen LogP contribution in [0.4, 0.5) is 8.78 Å². The molecule has 4 nitrogen and oxygen atoms in total. The molecular weight excluding hydrogens is 278 g/mol. The molecule has 0 atom stereocenters. The molecule has 0 aliphatic carbocycles. The van der Waals surface area contributed by atoms with E-state index in [-0.39, 0.29) is 5.56 Å². The Balaban J connectivity index is 2.02. The Morgan fingerprint density at radius 3 is 2.24 bits per heavy atom. The maximum absolute atomic E-state index is 13.0. The number of rotatable bonds is 2. The lowest BCUT2D eigenvalue weighted by Crippen LogP contribution is -2.41. The Kier molecular flexibility index (Phi) is 4.27. The number of hydrazine groups is 1. The second-order valence-corrected chi connectivity index (χ2v) is 4.35. The number of benzene rings is 2. The fourth-order valence-electron chi connectivity index (χ4n) is 1.72. The van der Waals surface area contributed by atoms with E-state index >= 15 is 0 Å². The summed E-state index contributed by atoms with van der Waals surface area (Å²) in [6.07, 6.45) is 0. The van der Waals surface area contributed by atoms with Crippen LogP contribution in [-0.2, 0) is 0 Å². The Labute approximate surface area is 119 Å². The minimum absolute atomic E-state index is 0.0982. The van der Waals surface area contributed by atoms with E-state index in [0.29, 0.717) is 5.56 Å². The predicted molar refractivity (Wildman–Crippen MR) is 72.5 cm³/mol. The van der Waals surface area contributed by atoms with Crippen LogP contribution in [0.1, 0.15) is 26.3 Å². The van der Waals surface area contributed by atoms with Crippen molar-refractivity contribution in [3.63, 3.8) is 0 Å². The van der Waals surface area contributed by atoms with Crippen molar-refractivity contribution in [1.29, 1.82) is 0 Å². The summed E-state index contributed by atoms with van der Waals surface area (Å²) < 4.78 is 25.8. The summed E-state index contributed by atoms with van der Waals surface area (Å²) in [5, 5.41) is 0. The Morgan fingerprint density at radius 2 is 1.57 bits per heavy atom. The fraction of sp³-hybridized carbons (Fsp3) is 0.0667. The van der Waals surface area contributed by atoms with Crippen molar-refractivity contribution < 1.29 is 18.4 Å². The average Bonchev–Trinajstić information content (AvgIpc) is 2.47. The van der Waals surface area contributed by atoms with Crippen molar-refractivity contribution in [2.45, 2.75) is 6.92 Å². The van der Waals surface area contributed by atoms with Gasteiger partial charge < -0.3 is 0 Å². The quantitative estimate of drug-likeness (QED) is 0.834. The molecule has 0 heterocycles. The van der Waals surface area contributed by atoms with Crippen LogP contribution >= 0.6 is 0 Å². The Morgan fingerprint density at radius 1 is 0.905 bits per heavy atom. The first-order chi connectivity index (χ1) is 9.99. The Hall–Kier alpha value is -2.76.